The number of benzene rings is 3. The summed E-state index contributed by atoms with van der Waals surface area (Å²) in [4.78, 5) is 38.1. The van der Waals surface area contributed by atoms with Gasteiger partial charge in [0.25, 0.3) is 11.5 Å². The lowest BCUT2D eigenvalue weighted by Crippen LogP contribution is -2.19. The Hall–Kier alpha value is -3.64. The molecule has 1 aromatic heterocycles. The van der Waals surface area contributed by atoms with Gasteiger partial charge in [-0.05, 0) is 47.9 Å². The number of aromatic nitrogens is 1. The zero-order valence-corrected chi connectivity index (χ0v) is 15.8. The van der Waals surface area contributed by atoms with Crippen LogP contribution in [0.15, 0.2) is 80.7 Å². The van der Waals surface area contributed by atoms with Crippen LogP contribution in [0.3, 0.4) is 0 Å². The summed E-state index contributed by atoms with van der Waals surface area (Å²) in [6, 6.07) is 19.2. The van der Waals surface area contributed by atoms with Gasteiger partial charge in [-0.2, -0.15) is 0 Å². The molecule has 1 heterocycles. The maximum Gasteiger partial charge on any atom is 0.419 e. The molecule has 6 nitrogen and oxygen atoms in total. The summed E-state index contributed by atoms with van der Waals surface area (Å²) < 4.78 is 5.06. The SMILES string of the molecule is O=C(Nc1ccccc1Cl)c1ccc(Cc2cccc3oc(=O)[nH]c(=O)c23)cc1. The molecule has 0 aliphatic carbocycles. The highest BCUT2D eigenvalue weighted by Gasteiger charge is 2.11. The molecule has 7 heteroatoms. The molecule has 0 saturated carbocycles. The highest BCUT2D eigenvalue weighted by atomic mass is 35.5. The summed E-state index contributed by atoms with van der Waals surface area (Å²) in [6.07, 6.45) is 0.445. The Morgan fingerprint density at radius 2 is 1.72 bits per heavy atom. The van der Waals surface area contributed by atoms with Crippen molar-refractivity contribution in [3.05, 3.63) is 109 Å². The Bertz CT molecular complexity index is 1320. The van der Waals surface area contributed by atoms with Crippen LogP contribution in [0, 0.1) is 0 Å². The van der Waals surface area contributed by atoms with E-state index in [0.29, 0.717) is 28.1 Å². The third kappa shape index (κ3) is 3.97. The van der Waals surface area contributed by atoms with Gasteiger partial charge in [-0.15, -0.1) is 0 Å². The van der Waals surface area contributed by atoms with Gasteiger partial charge in [-0.25, -0.2) is 4.79 Å². The van der Waals surface area contributed by atoms with Crippen molar-refractivity contribution in [2.75, 3.05) is 5.32 Å². The first kappa shape index (κ1) is 18.7. The Labute approximate surface area is 169 Å². The number of H-pyrrole nitrogens is 1. The van der Waals surface area contributed by atoms with Gasteiger partial charge in [-0.1, -0.05) is 48.0 Å². The summed E-state index contributed by atoms with van der Waals surface area (Å²) in [5.74, 6) is -1.05. The summed E-state index contributed by atoms with van der Waals surface area (Å²) >= 11 is 6.07. The number of carbonyl (C=O) groups excluding carboxylic acids is 1. The van der Waals surface area contributed by atoms with Crippen molar-refractivity contribution in [2.45, 2.75) is 6.42 Å². The zero-order chi connectivity index (χ0) is 20.4. The van der Waals surface area contributed by atoms with Crippen molar-refractivity contribution in [3.8, 4) is 0 Å². The first-order valence-electron chi connectivity index (χ1n) is 8.81. The van der Waals surface area contributed by atoms with Crippen LogP contribution in [-0.4, -0.2) is 10.9 Å². The zero-order valence-electron chi connectivity index (χ0n) is 15.1. The monoisotopic (exact) mass is 406 g/mol. The Morgan fingerprint density at radius 1 is 0.966 bits per heavy atom. The van der Waals surface area contributed by atoms with E-state index in [4.69, 9.17) is 16.0 Å². The maximum absolute atomic E-state index is 12.4. The number of hydrogen-bond donors (Lipinski definition) is 2. The largest absolute Gasteiger partial charge is 0.419 e. The number of aromatic amines is 1. The van der Waals surface area contributed by atoms with Gasteiger partial charge in [0.05, 0.1) is 16.1 Å². The molecule has 0 radical (unpaired) electrons. The highest BCUT2D eigenvalue weighted by Crippen LogP contribution is 2.22. The summed E-state index contributed by atoms with van der Waals surface area (Å²) in [5.41, 5.74) is 2.41. The fourth-order valence-corrected chi connectivity index (χ4v) is 3.28. The van der Waals surface area contributed by atoms with Crippen LogP contribution in [0.1, 0.15) is 21.5 Å². The van der Waals surface area contributed by atoms with Crippen LogP contribution in [0.4, 0.5) is 5.69 Å². The molecule has 0 aliphatic rings. The van der Waals surface area contributed by atoms with E-state index in [0.717, 1.165) is 11.1 Å². The molecule has 4 aromatic rings. The predicted octanol–water partition coefficient (Wildman–Crippen LogP) is 3.98. The molecular weight excluding hydrogens is 392 g/mol. The van der Waals surface area contributed by atoms with Gasteiger partial charge in [0.15, 0.2) is 0 Å². The van der Waals surface area contributed by atoms with Gasteiger partial charge in [0.2, 0.25) is 0 Å². The van der Waals surface area contributed by atoms with Gasteiger partial charge in [0.1, 0.15) is 5.58 Å². The highest BCUT2D eigenvalue weighted by molar-refractivity contribution is 6.33. The number of amides is 1. The fourth-order valence-electron chi connectivity index (χ4n) is 3.10. The molecule has 0 atom stereocenters. The van der Waals surface area contributed by atoms with Crippen LogP contribution in [-0.2, 0) is 6.42 Å². The fraction of sp³-hybridized carbons (Fsp3) is 0.0455. The van der Waals surface area contributed by atoms with Gasteiger partial charge in [0, 0.05) is 5.56 Å². The minimum atomic E-state index is -0.784. The average Bonchev–Trinajstić information content (AvgIpc) is 2.70. The second-order valence-electron chi connectivity index (χ2n) is 6.44. The molecule has 1 amide bonds. The van der Waals surface area contributed by atoms with E-state index in [1.165, 1.54) is 0 Å². The minimum absolute atomic E-state index is 0.243. The van der Waals surface area contributed by atoms with E-state index in [1.54, 1.807) is 54.6 Å². The molecule has 3 aromatic carbocycles. The van der Waals surface area contributed by atoms with Crippen molar-refractivity contribution in [1.29, 1.82) is 0 Å². The van der Waals surface area contributed by atoms with E-state index in [9.17, 15) is 14.4 Å². The number of carbonyl (C=O) groups is 1. The molecule has 4 rings (SSSR count). The number of nitrogens with one attached hydrogen (secondary N) is 2. The van der Waals surface area contributed by atoms with Crippen LogP contribution in [0.5, 0.6) is 0 Å². The molecule has 0 spiro atoms. The average molecular weight is 407 g/mol. The van der Waals surface area contributed by atoms with E-state index >= 15 is 0 Å². The van der Waals surface area contributed by atoms with E-state index < -0.39 is 11.3 Å². The molecule has 0 fully saturated rings. The Balaban J connectivity index is 1.57. The number of hydrogen-bond acceptors (Lipinski definition) is 4. The number of para-hydroxylation sites is 1. The number of halogens is 1. The predicted molar refractivity (Wildman–Crippen MR) is 112 cm³/mol. The van der Waals surface area contributed by atoms with Crippen LogP contribution in [0.2, 0.25) is 5.02 Å². The first-order valence-corrected chi connectivity index (χ1v) is 9.19. The molecule has 29 heavy (non-hydrogen) atoms. The van der Waals surface area contributed by atoms with Crippen LogP contribution < -0.4 is 16.6 Å². The van der Waals surface area contributed by atoms with Crippen molar-refractivity contribution < 1.29 is 9.21 Å². The third-order valence-corrected chi connectivity index (χ3v) is 4.82. The Kier molecular flexibility index (Phi) is 5.01. The topological polar surface area (TPSA) is 92.2 Å². The van der Waals surface area contributed by atoms with E-state index in [1.807, 2.05) is 12.1 Å². The van der Waals surface area contributed by atoms with Crippen molar-refractivity contribution in [2.24, 2.45) is 0 Å². The molecule has 2 N–H and O–H groups in total. The Morgan fingerprint density at radius 3 is 2.48 bits per heavy atom. The molecule has 0 bridgehead atoms. The van der Waals surface area contributed by atoms with Gasteiger partial charge >= 0.3 is 5.76 Å². The number of fused-ring (bicyclic) bond motifs is 1. The quantitative estimate of drug-likeness (QED) is 0.536. The van der Waals surface area contributed by atoms with Crippen molar-refractivity contribution >= 4 is 34.2 Å². The summed E-state index contributed by atoms with van der Waals surface area (Å²) in [7, 11) is 0. The van der Waals surface area contributed by atoms with E-state index in [2.05, 4.69) is 10.3 Å². The molecule has 0 saturated heterocycles. The van der Waals surface area contributed by atoms with Crippen LogP contribution >= 0.6 is 11.6 Å². The molecular formula is C22H15ClN2O4. The molecule has 0 aliphatic heterocycles. The summed E-state index contributed by atoms with van der Waals surface area (Å²) in [5, 5.41) is 3.58. The second kappa shape index (κ2) is 7.77. The molecule has 144 valence electrons. The lowest BCUT2D eigenvalue weighted by molar-refractivity contribution is 0.102. The minimum Gasteiger partial charge on any atom is -0.409 e. The third-order valence-electron chi connectivity index (χ3n) is 4.49. The van der Waals surface area contributed by atoms with E-state index in [-0.39, 0.29) is 11.5 Å². The summed E-state index contributed by atoms with van der Waals surface area (Å²) in [6.45, 7) is 0. The number of anilines is 1. The van der Waals surface area contributed by atoms with Crippen molar-refractivity contribution in [3.63, 3.8) is 0 Å². The second-order valence-corrected chi connectivity index (χ2v) is 6.85. The number of rotatable bonds is 4. The smallest absolute Gasteiger partial charge is 0.409 e. The lowest BCUT2D eigenvalue weighted by atomic mass is 10.0. The normalized spacial score (nSPS) is 10.8. The lowest BCUT2D eigenvalue weighted by Gasteiger charge is -2.08. The van der Waals surface area contributed by atoms with Gasteiger partial charge < -0.3 is 9.73 Å². The van der Waals surface area contributed by atoms with Gasteiger partial charge in [-0.3, -0.25) is 14.6 Å². The standard InChI is InChI=1S/C22H15ClN2O4/c23-16-5-1-2-6-17(16)24-20(26)14-10-8-13(9-11-14)12-15-4-3-7-18-19(15)21(27)25-22(28)29-18/h1-11H,12H2,(H,24,26)(H,25,27,28). The van der Waals surface area contributed by atoms with Crippen molar-refractivity contribution in [1.82, 2.24) is 4.98 Å². The maximum atomic E-state index is 12.4. The van der Waals surface area contributed by atoms with Crippen LogP contribution in [0.25, 0.3) is 11.0 Å². The first-order chi connectivity index (χ1) is 14.0. The molecule has 0 unspecified atom stereocenters.